The maximum atomic E-state index is 5.69. The molecule has 15 heavy (non-hydrogen) atoms. The van der Waals surface area contributed by atoms with Gasteiger partial charge in [0.1, 0.15) is 0 Å². The number of rotatable bonds is 4. The van der Waals surface area contributed by atoms with E-state index >= 15 is 0 Å². The molecule has 0 aromatic heterocycles. The van der Waals surface area contributed by atoms with E-state index in [1.165, 1.54) is 0 Å². The summed E-state index contributed by atoms with van der Waals surface area (Å²) in [5.74, 6) is 1.11. The summed E-state index contributed by atoms with van der Waals surface area (Å²) in [5.41, 5.74) is 0. The second-order valence-electron chi connectivity index (χ2n) is 5.45. The Morgan fingerprint density at radius 1 is 0.933 bits per heavy atom. The normalized spacial score (nSPS) is 13.7. The van der Waals surface area contributed by atoms with Crippen LogP contribution in [0.1, 0.15) is 6.92 Å². The van der Waals surface area contributed by atoms with Crippen molar-refractivity contribution in [3.8, 4) is 0 Å². The molecule has 0 radical (unpaired) electrons. The standard InChI is InChI=1S/C10H23NO2Si2/c1-9(12-14(3,4)5)11-10(2)13-15(6,7)8/h1H2,2-8H3/b11-10+. The van der Waals surface area contributed by atoms with Crippen LogP contribution in [-0.2, 0) is 8.85 Å². The maximum Gasteiger partial charge on any atom is 0.244 e. The number of hydrogen-bond acceptors (Lipinski definition) is 3. The zero-order valence-electron chi connectivity index (χ0n) is 11.0. The monoisotopic (exact) mass is 245 g/mol. The smallest absolute Gasteiger partial charge is 0.244 e. The summed E-state index contributed by atoms with van der Waals surface area (Å²) < 4.78 is 11.3. The molecule has 0 heterocycles. The van der Waals surface area contributed by atoms with E-state index in [9.17, 15) is 0 Å². The number of aliphatic imine (C=N–C) groups is 1. The Morgan fingerprint density at radius 2 is 1.33 bits per heavy atom. The third kappa shape index (κ3) is 9.74. The molecule has 0 aliphatic heterocycles. The molecule has 0 aliphatic rings. The van der Waals surface area contributed by atoms with Crippen molar-refractivity contribution >= 4 is 22.5 Å². The molecule has 0 saturated heterocycles. The molecule has 0 atom stereocenters. The topological polar surface area (TPSA) is 30.8 Å². The molecule has 0 bridgehead atoms. The Labute approximate surface area is 95.5 Å². The van der Waals surface area contributed by atoms with Crippen LogP contribution in [0.25, 0.3) is 0 Å². The largest absolute Gasteiger partial charge is 0.535 e. The van der Waals surface area contributed by atoms with E-state index in [1.807, 2.05) is 6.92 Å². The van der Waals surface area contributed by atoms with Gasteiger partial charge >= 0.3 is 0 Å². The molecular formula is C10H23NO2Si2. The Hall–Kier alpha value is -0.556. The van der Waals surface area contributed by atoms with Crippen LogP contribution in [0.2, 0.25) is 39.3 Å². The van der Waals surface area contributed by atoms with E-state index in [0.717, 1.165) is 0 Å². The van der Waals surface area contributed by atoms with E-state index < -0.39 is 16.6 Å². The van der Waals surface area contributed by atoms with Gasteiger partial charge in [0.15, 0.2) is 11.8 Å². The van der Waals surface area contributed by atoms with Crippen LogP contribution in [0.5, 0.6) is 0 Å². The molecule has 0 aromatic carbocycles. The average Bonchev–Trinajstić information content (AvgIpc) is 1.73. The SMILES string of the molecule is C=C(/N=C(\C)O[Si](C)(C)C)O[Si](C)(C)C. The van der Waals surface area contributed by atoms with Gasteiger partial charge in [0.25, 0.3) is 0 Å². The van der Waals surface area contributed by atoms with Crippen LogP contribution in [-0.4, -0.2) is 22.5 Å². The second-order valence-corrected chi connectivity index (χ2v) is 14.3. The van der Waals surface area contributed by atoms with Gasteiger partial charge in [-0.1, -0.05) is 0 Å². The minimum atomic E-state index is -1.60. The van der Waals surface area contributed by atoms with Crippen molar-refractivity contribution < 1.29 is 8.85 Å². The molecule has 5 heteroatoms. The lowest BCUT2D eigenvalue weighted by molar-refractivity contribution is 0.414. The predicted octanol–water partition coefficient (Wildman–Crippen LogP) is 3.58. The van der Waals surface area contributed by atoms with Crippen LogP contribution < -0.4 is 0 Å². The van der Waals surface area contributed by atoms with Crippen LogP contribution in [0.15, 0.2) is 17.5 Å². The first-order valence-corrected chi connectivity index (χ1v) is 11.9. The summed E-state index contributed by atoms with van der Waals surface area (Å²) in [6.45, 7) is 18.3. The first-order chi connectivity index (χ1) is 6.49. The van der Waals surface area contributed by atoms with Gasteiger partial charge in [-0.15, -0.1) is 0 Å². The Bertz CT molecular complexity index is 262. The minimum absolute atomic E-state index is 0.463. The van der Waals surface area contributed by atoms with Gasteiger partial charge in [-0.3, -0.25) is 0 Å². The molecule has 0 saturated carbocycles. The fourth-order valence-corrected chi connectivity index (χ4v) is 2.70. The van der Waals surface area contributed by atoms with Crippen molar-refractivity contribution in [1.82, 2.24) is 0 Å². The third-order valence-corrected chi connectivity index (χ3v) is 2.92. The van der Waals surface area contributed by atoms with E-state index in [-0.39, 0.29) is 0 Å². The highest BCUT2D eigenvalue weighted by atomic mass is 28.4. The highest BCUT2D eigenvalue weighted by Gasteiger charge is 2.19. The molecule has 3 nitrogen and oxygen atoms in total. The first-order valence-electron chi connectivity index (χ1n) is 5.12. The number of hydrogen-bond donors (Lipinski definition) is 0. The van der Waals surface area contributed by atoms with Crippen LogP contribution >= 0.6 is 0 Å². The Morgan fingerprint density at radius 3 is 1.67 bits per heavy atom. The molecule has 0 N–H and O–H groups in total. The summed E-state index contributed by atoms with van der Waals surface area (Å²) >= 11 is 0. The summed E-state index contributed by atoms with van der Waals surface area (Å²) in [5, 5.41) is 0. The van der Waals surface area contributed by atoms with Crippen LogP contribution in [0.3, 0.4) is 0 Å². The molecule has 0 unspecified atom stereocenters. The molecule has 0 aliphatic carbocycles. The van der Waals surface area contributed by atoms with Gasteiger partial charge in [-0.25, -0.2) is 0 Å². The predicted molar refractivity (Wildman–Crippen MR) is 71.1 cm³/mol. The van der Waals surface area contributed by atoms with Crippen molar-refractivity contribution in [2.45, 2.75) is 46.2 Å². The zero-order valence-corrected chi connectivity index (χ0v) is 13.0. The Kier molecular flexibility index (Phi) is 4.80. The highest BCUT2D eigenvalue weighted by Crippen LogP contribution is 2.11. The van der Waals surface area contributed by atoms with Gasteiger partial charge < -0.3 is 8.85 Å². The Balaban J connectivity index is 4.31. The highest BCUT2D eigenvalue weighted by molar-refractivity contribution is 6.71. The van der Waals surface area contributed by atoms with Crippen molar-refractivity contribution in [3.05, 3.63) is 12.5 Å². The van der Waals surface area contributed by atoms with Gasteiger partial charge in [-0.05, 0) is 45.9 Å². The molecule has 0 aromatic rings. The van der Waals surface area contributed by atoms with Gasteiger partial charge in [-0.2, -0.15) is 4.99 Å². The molecular weight excluding hydrogens is 222 g/mol. The van der Waals surface area contributed by atoms with Crippen molar-refractivity contribution in [3.63, 3.8) is 0 Å². The molecule has 0 fully saturated rings. The van der Waals surface area contributed by atoms with E-state index in [1.54, 1.807) is 0 Å². The van der Waals surface area contributed by atoms with Crippen molar-refractivity contribution in [2.75, 3.05) is 0 Å². The number of nitrogens with zero attached hydrogens (tertiary/aromatic N) is 1. The quantitative estimate of drug-likeness (QED) is 0.328. The molecule has 88 valence electrons. The molecule has 0 spiro atoms. The van der Waals surface area contributed by atoms with Gasteiger partial charge in [0.05, 0.1) is 0 Å². The zero-order chi connectivity index (χ0) is 12.3. The van der Waals surface area contributed by atoms with Crippen LogP contribution in [0.4, 0.5) is 0 Å². The lowest BCUT2D eigenvalue weighted by Crippen LogP contribution is -2.28. The van der Waals surface area contributed by atoms with E-state index in [2.05, 4.69) is 50.9 Å². The van der Waals surface area contributed by atoms with E-state index in [4.69, 9.17) is 8.85 Å². The third-order valence-electron chi connectivity index (χ3n) is 1.16. The summed E-state index contributed by atoms with van der Waals surface area (Å²) in [7, 11) is -3.16. The maximum absolute atomic E-state index is 5.69. The van der Waals surface area contributed by atoms with Gasteiger partial charge in [0, 0.05) is 6.92 Å². The van der Waals surface area contributed by atoms with E-state index in [0.29, 0.717) is 11.8 Å². The van der Waals surface area contributed by atoms with Gasteiger partial charge in [0.2, 0.25) is 16.6 Å². The second kappa shape index (κ2) is 4.98. The molecule has 0 rings (SSSR count). The lowest BCUT2D eigenvalue weighted by atomic mass is 10.7. The minimum Gasteiger partial charge on any atom is -0.535 e. The first kappa shape index (κ1) is 14.4. The average molecular weight is 245 g/mol. The lowest BCUT2D eigenvalue weighted by Gasteiger charge is -2.21. The van der Waals surface area contributed by atoms with Crippen LogP contribution in [0, 0.1) is 0 Å². The fraction of sp³-hybridized carbons (Fsp3) is 0.700. The summed E-state index contributed by atoms with van der Waals surface area (Å²) in [4.78, 5) is 4.19. The summed E-state index contributed by atoms with van der Waals surface area (Å²) in [6, 6.07) is 0. The molecule has 0 amide bonds. The fourth-order valence-electron chi connectivity index (χ4n) is 1.02. The van der Waals surface area contributed by atoms with Crippen molar-refractivity contribution in [1.29, 1.82) is 0 Å². The summed E-state index contributed by atoms with van der Waals surface area (Å²) in [6.07, 6.45) is 0. The van der Waals surface area contributed by atoms with Crippen molar-refractivity contribution in [2.24, 2.45) is 4.99 Å².